The van der Waals surface area contributed by atoms with E-state index in [0.29, 0.717) is 6.61 Å². The maximum atomic E-state index is 8.84. The number of rotatable bonds is 1. The number of aliphatic hydroxyl groups is 1. The zero-order chi connectivity index (χ0) is 7.03. The van der Waals surface area contributed by atoms with Gasteiger partial charge >= 0.3 is 0 Å². The van der Waals surface area contributed by atoms with E-state index in [1.165, 1.54) is 0 Å². The molecule has 0 aliphatic carbocycles. The maximum Gasteiger partial charge on any atom is 0.225 e. The summed E-state index contributed by atoms with van der Waals surface area (Å²) in [7, 11) is 0. The van der Waals surface area contributed by atoms with Gasteiger partial charge in [-0.1, -0.05) is 0 Å². The molecule has 3 saturated heterocycles. The van der Waals surface area contributed by atoms with Gasteiger partial charge in [-0.15, -0.1) is 0 Å². The maximum absolute atomic E-state index is 8.84. The first-order valence-electron chi connectivity index (χ1n) is 3.44. The monoisotopic (exact) mass is 146 g/mol. The van der Waals surface area contributed by atoms with Crippen molar-refractivity contribution in [2.24, 2.45) is 0 Å². The first-order valence-corrected chi connectivity index (χ1v) is 3.44. The Hall–Kier alpha value is -0.160. The van der Waals surface area contributed by atoms with Crippen LogP contribution in [0.15, 0.2) is 0 Å². The molecule has 0 amide bonds. The number of fused-ring (bicyclic) bond motifs is 3. The summed E-state index contributed by atoms with van der Waals surface area (Å²) in [5.41, 5.74) is 0. The van der Waals surface area contributed by atoms with Crippen LogP contribution in [0.4, 0.5) is 0 Å². The molecule has 0 aromatic rings. The Morgan fingerprint density at radius 3 is 2.80 bits per heavy atom. The molecule has 0 radical (unpaired) electrons. The summed E-state index contributed by atoms with van der Waals surface area (Å²) in [4.78, 5) is 9.73. The SMILES string of the molecule is OCC12CCC(CO1)OO2. The van der Waals surface area contributed by atoms with E-state index in [4.69, 9.17) is 19.6 Å². The quantitative estimate of drug-likeness (QED) is 0.521. The van der Waals surface area contributed by atoms with Crippen molar-refractivity contribution in [3.8, 4) is 0 Å². The Kier molecular flexibility index (Phi) is 1.42. The van der Waals surface area contributed by atoms with Gasteiger partial charge < -0.3 is 9.84 Å². The van der Waals surface area contributed by atoms with Crippen molar-refractivity contribution in [3.05, 3.63) is 0 Å². The third-order valence-corrected chi connectivity index (χ3v) is 1.96. The predicted molar refractivity (Wildman–Crippen MR) is 31.0 cm³/mol. The fourth-order valence-corrected chi connectivity index (χ4v) is 1.23. The summed E-state index contributed by atoms with van der Waals surface area (Å²) in [5.74, 6) is -0.839. The number of hydrogen-bond acceptors (Lipinski definition) is 4. The third kappa shape index (κ3) is 0.845. The molecule has 58 valence electrons. The summed E-state index contributed by atoms with van der Waals surface area (Å²) >= 11 is 0. The minimum absolute atomic E-state index is 0.0772. The molecule has 4 nitrogen and oxygen atoms in total. The highest BCUT2D eigenvalue weighted by Crippen LogP contribution is 2.33. The van der Waals surface area contributed by atoms with Crippen LogP contribution in [0.3, 0.4) is 0 Å². The van der Waals surface area contributed by atoms with Gasteiger partial charge in [0.05, 0.1) is 6.61 Å². The zero-order valence-corrected chi connectivity index (χ0v) is 5.58. The van der Waals surface area contributed by atoms with Crippen LogP contribution in [0.25, 0.3) is 0 Å². The van der Waals surface area contributed by atoms with Gasteiger partial charge in [0.25, 0.3) is 0 Å². The number of aliphatic hydroxyl groups excluding tert-OH is 1. The minimum Gasteiger partial charge on any atom is -0.391 e. The fraction of sp³-hybridized carbons (Fsp3) is 1.00. The van der Waals surface area contributed by atoms with Crippen LogP contribution in [-0.4, -0.2) is 30.2 Å². The smallest absolute Gasteiger partial charge is 0.225 e. The molecule has 0 spiro atoms. The van der Waals surface area contributed by atoms with Crippen molar-refractivity contribution in [2.45, 2.75) is 24.7 Å². The molecular formula is C6H10O4. The molecular weight excluding hydrogens is 136 g/mol. The lowest BCUT2D eigenvalue weighted by Crippen LogP contribution is -2.53. The summed E-state index contributed by atoms with van der Waals surface area (Å²) in [5, 5.41) is 8.84. The summed E-state index contributed by atoms with van der Waals surface area (Å²) < 4.78 is 5.22. The van der Waals surface area contributed by atoms with Crippen molar-refractivity contribution in [1.82, 2.24) is 0 Å². The van der Waals surface area contributed by atoms with Crippen molar-refractivity contribution in [3.63, 3.8) is 0 Å². The van der Waals surface area contributed by atoms with E-state index in [1.807, 2.05) is 0 Å². The van der Waals surface area contributed by atoms with Crippen molar-refractivity contribution >= 4 is 0 Å². The lowest BCUT2D eigenvalue weighted by atomic mass is 10.0. The number of ether oxygens (including phenoxy) is 1. The average Bonchev–Trinajstić information content (AvgIpc) is 2.08. The van der Waals surface area contributed by atoms with Crippen molar-refractivity contribution < 1.29 is 19.6 Å². The molecule has 3 rings (SSSR count). The number of hydrogen-bond donors (Lipinski definition) is 1. The molecule has 2 unspecified atom stereocenters. The summed E-state index contributed by atoms with van der Waals surface area (Å²) in [6.45, 7) is 0.417. The minimum atomic E-state index is -0.839. The van der Waals surface area contributed by atoms with E-state index in [2.05, 4.69) is 0 Å². The van der Waals surface area contributed by atoms with Crippen molar-refractivity contribution in [1.29, 1.82) is 0 Å². The van der Waals surface area contributed by atoms with E-state index in [0.717, 1.165) is 12.8 Å². The van der Waals surface area contributed by atoms with Gasteiger partial charge in [0.2, 0.25) is 5.79 Å². The molecule has 2 bridgehead atoms. The molecule has 0 aromatic heterocycles. The Morgan fingerprint density at radius 2 is 2.50 bits per heavy atom. The molecule has 3 aliphatic heterocycles. The molecule has 0 aromatic carbocycles. The lowest BCUT2D eigenvalue weighted by molar-refractivity contribution is -0.514. The largest absolute Gasteiger partial charge is 0.391 e. The Balaban J connectivity index is 2.08. The second kappa shape index (κ2) is 2.17. The highest BCUT2D eigenvalue weighted by Gasteiger charge is 2.44. The highest BCUT2D eigenvalue weighted by molar-refractivity contribution is 4.79. The Morgan fingerprint density at radius 1 is 1.60 bits per heavy atom. The van der Waals surface area contributed by atoms with E-state index < -0.39 is 5.79 Å². The van der Waals surface area contributed by atoms with Crippen LogP contribution in [0.2, 0.25) is 0 Å². The first kappa shape index (κ1) is 6.54. The second-order valence-corrected chi connectivity index (χ2v) is 2.72. The van der Waals surface area contributed by atoms with Crippen LogP contribution in [0, 0.1) is 0 Å². The van der Waals surface area contributed by atoms with E-state index in [1.54, 1.807) is 0 Å². The molecule has 3 heterocycles. The van der Waals surface area contributed by atoms with Crippen LogP contribution in [-0.2, 0) is 14.5 Å². The Labute approximate surface area is 58.6 Å². The molecule has 3 aliphatic rings. The van der Waals surface area contributed by atoms with Gasteiger partial charge in [-0.05, 0) is 6.42 Å². The highest BCUT2D eigenvalue weighted by atomic mass is 17.2. The molecule has 1 N–H and O–H groups in total. The topological polar surface area (TPSA) is 47.9 Å². The van der Waals surface area contributed by atoms with Gasteiger partial charge in [-0.2, -0.15) is 4.89 Å². The van der Waals surface area contributed by atoms with E-state index in [9.17, 15) is 0 Å². The second-order valence-electron chi connectivity index (χ2n) is 2.72. The van der Waals surface area contributed by atoms with E-state index in [-0.39, 0.29) is 12.7 Å². The first-order chi connectivity index (χ1) is 4.85. The van der Waals surface area contributed by atoms with Crippen LogP contribution < -0.4 is 0 Å². The summed E-state index contributed by atoms with van der Waals surface area (Å²) in [6.07, 6.45) is 1.72. The average molecular weight is 146 g/mol. The fourth-order valence-electron chi connectivity index (χ4n) is 1.23. The van der Waals surface area contributed by atoms with Gasteiger partial charge in [0, 0.05) is 6.42 Å². The van der Waals surface area contributed by atoms with Crippen LogP contribution >= 0.6 is 0 Å². The van der Waals surface area contributed by atoms with E-state index >= 15 is 0 Å². The normalized spacial score (nSPS) is 45.9. The molecule has 4 heteroatoms. The van der Waals surface area contributed by atoms with Gasteiger partial charge in [0.1, 0.15) is 12.7 Å². The molecule has 3 fully saturated rings. The van der Waals surface area contributed by atoms with Gasteiger partial charge in [-0.3, -0.25) is 0 Å². The molecule has 2 atom stereocenters. The van der Waals surface area contributed by atoms with Crippen LogP contribution in [0.1, 0.15) is 12.8 Å². The Bertz CT molecular complexity index is 114. The third-order valence-electron chi connectivity index (χ3n) is 1.96. The van der Waals surface area contributed by atoms with Crippen molar-refractivity contribution in [2.75, 3.05) is 13.2 Å². The molecule has 0 saturated carbocycles. The standard InChI is InChI=1S/C6H10O4/c7-4-6-2-1-5(3-8-6)9-10-6/h5,7H,1-4H2. The predicted octanol–water partition coefficient (Wildman–Crippen LogP) is -0.184. The van der Waals surface area contributed by atoms with Crippen LogP contribution in [0.5, 0.6) is 0 Å². The zero-order valence-electron chi connectivity index (χ0n) is 5.58. The van der Waals surface area contributed by atoms with Gasteiger partial charge in [-0.25, -0.2) is 4.89 Å². The molecule has 10 heavy (non-hydrogen) atoms. The lowest BCUT2D eigenvalue weighted by Gasteiger charge is -2.42. The van der Waals surface area contributed by atoms with Gasteiger partial charge in [0.15, 0.2) is 0 Å². The summed E-state index contributed by atoms with van der Waals surface area (Å²) in [6, 6.07) is 0.